The normalized spacial score (nSPS) is 10.5. The largest absolute Gasteiger partial charge is 0.478 e. The Bertz CT molecular complexity index is 625. The Morgan fingerprint density at radius 1 is 1.37 bits per heavy atom. The summed E-state index contributed by atoms with van der Waals surface area (Å²) in [7, 11) is 0. The SMILES string of the molecule is O=C(O)/C=C/c1cnccc1C(=O)Nc1cnns1. The first-order valence-corrected chi connectivity index (χ1v) is 5.88. The molecule has 2 aromatic heterocycles. The van der Waals surface area contributed by atoms with E-state index in [1.807, 2.05) is 0 Å². The van der Waals surface area contributed by atoms with Gasteiger partial charge >= 0.3 is 5.97 Å². The molecule has 1 amide bonds. The number of carboxylic acids is 1. The fourth-order valence-corrected chi connectivity index (χ4v) is 1.72. The molecule has 8 heteroatoms. The molecule has 0 saturated heterocycles. The lowest BCUT2D eigenvalue weighted by Crippen LogP contribution is -2.12. The van der Waals surface area contributed by atoms with Crippen LogP contribution in [0, 0.1) is 0 Å². The van der Waals surface area contributed by atoms with E-state index in [2.05, 4.69) is 19.9 Å². The second-order valence-corrected chi connectivity index (χ2v) is 4.16. The molecule has 0 saturated carbocycles. The molecule has 7 nitrogen and oxygen atoms in total. The van der Waals surface area contributed by atoms with E-state index in [-0.39, 0.29) is 5.91 Å². The number of pyridine rings is 1. The number of amides is 1. The van der Waals surface area contributed by atoms with Crippen LogP contribution in [-0.2, 0) is 4.79 Å². The maximum atomic E-state index is 12.0. The molecule has 2 heterocycles. The molecule has 0 aliphatic carbocycles. The van der Waals surface area contributed by atoms with Crippen molar-refractivity contribution in [3.05, 3.63) is 41.9 Å². The second-order valence-electron chi connectivity index (χ2n) is 3.37. The van der Waals surface area contributed by atoms with Crippen LogP contribution in [0.5, 0.6) is 0 Å². The number of carboxylic acid groups (broad SMARTS) is 1. The van der Waals surface area contributed by atoms with Crippen molar-refractivity contribution < 1.29 is 14.7 Å². The van der Waals surface area contributed by atoms with Crippen molar-refractivity contribution in [1.82, 2.24) is 14.6 Å². The lowest BCUT2D eigenvalue weighted by molar-refractivity contribution is -0.131. The number of carbonyl (C=O) groups is 2. The van der Waals surface area contributed by atoms with Gasteiger partial charge in [0.15, 0.2) is 0 Å². The monoisotopic (exact) mass is 276 g/mol. The highest BCUT2D eigenvalue weighted by Gasteiger charge is 2.11. The van der Waals surface area contributed by atoms with E-state index in [9.17, 15) is 9.59 Å². The minimum Gasteiger partial charge on any atom is -0.478 e. The van der Waals surface area contributed by atoms with Gasteiger partial charge in [-0.1, -0.05) is 4.49 Å². The molecule has 0 fully saturated rings. The number of aromatic nitrogens is 3. The van der Waals surface area contributed by atoms with Gasteiger partial charge < -0.3 is 10.4 Å². The number of rotatable bonds is 4. The molecule has 2 aromatic rings. The maximum Gasteiger partial charge on any atom is 0.328 e. The zero-order chi connectivity index (χ0) is 13.7. The highest BCUT2D eigenvalue weighted by Crippen LogP contribution is 2.14. The third-order valence-electron chi connectivity index (χ3n) is 2.10. The van der Waals surface area contributed by atoms with Gasteiger partial charge in [-0.2, -0.15) is 0 Å². The number of nitrogens with one attached hydrogen (secondary N) is 1. The standard InChI is InChI=1S/C11H8N4O3S/c16-10(17)2-1-7-5-12-4-3-8(7)11(18)14-9-6-13-15-19-9/h1-6H,(H,14,18)(H,16,17)/b2-1+. The predicted molar refractivity (Wildman–Crippen MR) is 68.8 cm³/mol. The summed E-state index contributed by atoms with van der Waals surface area (Å²) in [5.74, 6) is -1.47. The van der Waals surface area contributed by atoms with E-state index in [0.29, 0.717) is 16.1 Å². The van der Waals surface area contributed by atoms with Crippen LogP contribution >= 0.6 is 11.5 Å². The highest BCUT2D eigenvalue weighted by atomic mass is 32.1. The fourth-order valence-electron chi connectivity index (χ4n) is 1.31. The van der Waals surface area contributed by atoms with Crippen LogP contribution in [0.1, 0.15) is 15.9 Å². The Morgan fingerprint density at radius 3 is 2.89 bits per heavy atom. The highest BCUT2D eigenvalue weighted by molar-refractivity contribution is 7.10. The van der Waals surface area contributed by atoms with Crippen LogP contribution in [0.15, 0.2) is 30.7 Å². The summed E-state index contributed by atoms with van der Waals surface area (Å²) in [5.41, 5.74) is 0.737. The first-order valence-electron chi connectivity index (χ1n) is 5.10. The van der Waals surface area contributed by atoms with Gasteiger partial charge in [0.2, 0.25) is 0 Å². The molecule has 0 radical (unpaired) electrons. The van der Waals surface area contributed by atoms with Crippen LogP contribution in [0.25, 0.3) is 6.08 Å². The summed E-state index contributed by atoms with van der Waals surface area (Å²) in [5, 5.41) is 15.3. The van der Waals surface area contributed by atoms with Gasteiger partial charge in [-0.05, 0) is 12.1 Å². The predicted octanol–water partition coefficient (Wildman–Crippen LogP) is 1.28. The van der Waals surface area contributed by atoms with Gasteiger partial charge in [0.25, 0.3) is 5.91 Å². The summed E-state index contributed by atoms with van der Waals surface area (Å²) in [6, 6.07) is 1.51. The summed E-state index contributed by atoms with van der Waals surface area (Å²) in [4.78, 5) is 26.4. The lowest BCUT2D eigenvalue weighted by atomic mass is 10.1. The van der Waals surface area contributed by atoms with E-state index >= 15 is 0 Å². The van der Waals surface area contributed by atoms with Gasteiger partial charge in [-0.15, -0.1) is 5.10 Å². The van der Waals surface area contributed by atoms with Crippen molar-refractivity contribution >= 4 is 34.5 Å². The van der Waals surface area contributed by atoms with E-state index in [1.54, 1.807) is 0 Å². The molecule has 0 aromatic carbocycles. The van der Waals surface area contributed by atoms with Crippen LogP contribution < -0.4 is 5.32 Å². The van der Waals surface area contributed by atoms with E-state index in [0.717, 1.165) is 17.6 Å². The molecule has 0 atom stereocenters. The first kappa shape index (κ1) is 12.8. The Labute approximate surface area is 111 Å². The molecule has 96 valence electrons. The van der Waals surface area contributed by atoms with Crippen LogP contribution in [0.4, 0.5) is 5.00 Å². The summed E-state index contributed by atoms with van der Waals surface area (Å²) in [6.07, 6.45) is 6.56. The van der Waals surface area contributed by atoms with E-state index in [4.69, 9.17) is 5.11 Å². The number of carbonyl (C=O) groups excluding carboxylic acids is 1. The smallest absolute Gasteiger partial charge is 0.328 e. The van der Waals surface area contributed by atoms with E-state index < -0.39 is 5.97 Å². The first-order chi connectivity index (χ1) is 9.16. The van der Waals surface area contributed by atoms with Gasteiger partial charge in [0.05, 0.1) is 11.8 Å². The number of hydrogen-bond acceptors (Lipinski definition) is 6. The Balaban J connectivity index is 2.24. The van der Waals surface area contributed by atoms with Crippen molar-refractivity contribution in [3.63, 3.8) is 0 Å². The van der Waals surface area contributed by atoms with Crippen molar-refractivity contribution in [2.24, 2.45) is 0 Å². The summed E-state index contributed by atoms with van der Waals surface area (Å²) in [6.45, 7) is 0. The topological polar surface area (TPSA) is 105 Å². The van der Waals surface area contributed by atoms with Gasteiger partial charge in [-0.25, -0.2) is 4.79 Å². The minimum absolute atomic E-state index is 0.320. The van der Waals surface area contributed by atoms with Gasteiger partial charge in [0, 0.05) is 35.6 Å². The zero-order valence-corrected chi connectivity index (χ0v) is 10.3. The average Bonchev–Trinajstić information content (AvgIpc) is 2.89. The van der Waals surface area contributed by atoms with Crippen LogP contribution in [-0.4, -0.2) is 31.6 Å². The molecule has 2 rings (SSSR count). The Hall–Kier alpha value is -2.61. The summed E-state index contributed by atoms with van der Waals surface area (Å²) < 4.78 is 3.62. The second kappa shape index (κ2) is 5.83. The molecule has 0 unspecified atom stereocenters. The molecule has 0 aliphatic heterocycles. The molecular formula is C11H8N4O3S. The number of nitrogens with zero attached hydrogens (tertiary/aromatic N) is 3. The average molecular weight is 276 g/mol. The van der Waals surface area contributed by atoms with E-state index in [1.165, 1.54) is 30.7 Å². The molecule has 0 aliphatic rings. The molecule has 19 heavy (non-hydrogen) atoms. The van der Waals surface area contributed by atoms with Crippen molar-refractivity contribution in [2.45, 2.75) is 0 Å². The molecular weight excluding hydrogens is 268 g/mol. The van der Waals surface area contributed by atoms with Crippen molar-refractivity contribution in [2.75, 3.05) is 5.32 Å². The molecule has 0 bridgehead atoms. The number of hydrogen-bond donors (Lipinski definition) is 2. The molecule has 0 spiro atoms. The minimum atomic E-state index is -1.10. The van der Waals surface area contributed by atoms with Crippen LogP contribution in [0.3, 0.4) is 0 Å². The third kappa shape index (κ3) is 3.42. The van der Waals surface area contributed by atoms with Crippen LogP contribution in [0.2, 0.25) is 0 Å². The fraction of sp³-hybridized carbons (Fsp3) is 0. The maximum absolute atomic E-state index is 12.0. The lowest BCUT2D eigenvalue weighted by Gasteiger charge is -2.04. The van der Waals surface area contributed by atoms with Crippen molar-refractivity contribution in [1.29, 1.82) is 0 Å². The van der Waals surface area contributed by atoms with Gasteiger partial charge in [0.1, 0.15) is 5.00 Å². The third-order valence-corrected chi connectivity index (χ3v) is 2.68. The molecule has 2 N–H and O–H groups in total. The Kier molecular flexibility index (Phi) is 3.94. The number of aliphatic carboxylic acids is 1. The van der Waals surface area contributed by atoms with Gasteiger partial charge in [-0.3, -0.25) is 9.78 Å². The van der Waals surface area contributed by atoms with Crippen molar-refractivity contribution in [3.8, 4) is 0 Å². The summed E-state index contributed by atoms with van der Waals surface area (Å²) >= 11 is 1.05. The Morgan fingerprint density at radius 2 is 2.21 bits per heavy atom. The zero-order valence-electron chi connectivity index (χ0n) is 9.48. The quantitative estimate of drug-likeness (QED) is 0.815. The number of anilines is 1.